The maximum atomic E-state index is 12.3. The molecule has 0 saturated heterocycles. The maximum absolute atomic E-state index is 12.3. The van der Waals surface area contributed by atoms with E-state index in [0.29, 0.717) is 18.0 Å². The predicted octanol–water partition coefficient (Wildman–Crippen LogP) is 2.77. The second-order valence-corrected chi connectivity index (χ2v) is 7.61. The monoisotopic (exact) mass is 439 g/mol. The minimum absolute atomic E-state index is 0.109. The molecule has 0 fully saturated rings. The summed E-state index contributed by atoms with van der Waals surface area (Å²) in [6, 6.07) is 14.9. The Labute approximate surface area is 178 Å². The molecule has 2 aromatic carbocycles. The molecule has 0 unspecified atom stereocenters. The van der Waals surface area contributed by atoms with Gasteiger partial charge in [-0.1, -0.05) is 54.1 Å². The highest BCUT2D eigenvalue weighted by Gasteiger charge is 2.37. The molecule has 0 bridgehead atoms. The van der Waals surface area contributed by atoms with Crippen molar-refractivity contribution in [3.63, 3.8) is 0 Å². The van der Waals surface area contributed by atoms with Crippen LogP contribution in [0.15, 0.2) is 60.2 Å². The van der Waals surface area contributed by atoms with Crippen LogP contribution in [0, 0.1) is 0 Å². The third-order valence-electron chi connectivity index (χ3n) is 5.12. The normalized spacial score (nSPS) is 24.2. The Morgan fingerprint density at radius 3 is 2.13 bits per heavy atom. The van der Waals surface area contributed by atoms with Crippen molar-refractivity contribution in [2.24, 2.45) is 0 Å². The molecule has 8 heteroatoms. The Balaban J connectivity index is 1.57. The van der Waals surface area contributed by atoms with Crippen molar-refractivity contribution < 1.29 is 28.8 Å². The van der Waals surface area contributed by atoms with E-state index in [-0.39, 0.29) is 5.57 Å². The van der Waals surface area contributed by atoms with Gasteiger partial charge in [0.1, 0.15) is 18.3 Å². The molecule has 2 aromatic rings. The molecule has 0 aliphatic heterocycles. The number of benzene rings is 2. The van der Waals surface area contributed by atoms with Crippen LogP contribution >= 0.6 is 11.6 Å². The van der Waals surface area contributed by atoms with Crippen LogP contribution in [0.1, 0.15) is 5.56 Å². The number of hydrogen-bond acceptors (Lipinski definition) is 5. The summed E-state index contributed by atoms with van der Waals surface area (Å²) in [7, 11) is 0. The number of ether oxygens (including phenoxy) is 1. The van der Waals surface area contributed by atoms with E-state index in [0.717, 1.165) is 16.7 Å². The molecule has 0 amide bonds. The first-order valence-electron chi connectivity index (χ1n) is 9.58. The summed E-state index contributed by atoms with van der Waals surface area (Å²) in [6.45, 7) is -3.03. The SMILES string of the molecule is O[C@@H]1[C@@H](O)[C@@H](O)C(COC(F)F)=C[C@H]1NCCc1ccc(-c2ccc(Cl)cc2)cc1. The van der Waals surface area contributed by atoms with Crippen molar-refractivity contribution in [1.29, 1.82) is 0 Å². The van der Waals surface area contributed by atoms with Gasteiger partial charge in [0.15, 0.2) is 0 Å². The number of aliphatic hydroxyl groups excluding tert-OH is 3. The summed E-state index contributed by atoms with van der Waals surface area (Å²) in [6.07, 6.45) is -2.10. The van der Waals surface area contributed by atoms with E-state index in [1.54, 1.807) is 0 Å². The van der Waals surface area contributed by atoms with Crippen LogP contribution in [0.2, 0.25) is 5.02 Å². The van der Waals surface area contributed by atoms with Crippen molar-refractivity contribution >= 4 is 11.6 Å². The van der Waals surface area contributed by atoms with Gasteiger partial charge < -0.3 is 25.4 Å². The van der Waals surface area contributed by atoms with Crippen LogP contribution in [0.4, 0.5) is 8.78 Å². The summed E-state index contributed by atoms with van der Waals surface area (Å²) in [5, 5.41) is 33.9. The molecule has 0 radical (unpaired) electrons. The van der Waals surface area contributed by atoms with Gasteiger partial charge in [-0.05, 0) is 47.4 Å². The van der Waals surface area contributed by atoms with Crippen molar-refractivity contribution in [3.05, 3.63) is 70.8 Å². The molecule has 5 nitrogen and oxygen atoms in total. The quantitative estimate of drug-likeness (QED) is 0.475. The molecular formula is C22H24ClF2NO4. The Morgan fingerprint density at radius 1 is 0.933 bits per heavy atom. The van der Waals surface area contributed by atoms with E-state index in [4.69, 9.17) is 11.6 Å². The van der Waals surface area contributed by atoms with Crippen molar-refractivity contribution in [2.45, 2.75) is 37.4 Å². The molecule has 1 aliphatic carbocycles. The number of hydrogen-bond donors (Lipinski definition) is 4. The van der Waals surface area contributed by atoms with Crippen molar-refractivity contribution in [3.8, 4) is 11.1 Å². The minimum atomic E-state index is -2.98. The molecule has 4 atom stereocenters. The summed E-state index contributed by atoms with van der Waals surface area (Å²) in [5.74, 6) is 0. The largest absolute Gasteiger partial charge is 0.388 e. The Morgan fingerprint density at radius 2 is 1.53 bits per heavy atom. The highest BCUT2D eigenvalue weighted by molar-refractivity contribution is 6.30. The first kappa shape index (κ1) is 22.8. The second-order valence-electron chi connectivity index (χ2n) is 7.17. The zero-order valence-corrected chi connectivity index (χ0v) is 16.8. The average Bonchev–Trinajstić information content (AvgIpc) is 2.74. The lowest BCUT2D eigenvalue weighted by Crippen LogP contribution is -2.54. The number of halogens is 3. The average molecular weight is 440 g/mol. The zero-order chi connectivity index (χ0) is 21.7. The van der Waals surface area contributed by atoms with Gasteiger partial charge in [0.2, 0.25) is 0 Å². The van der Waals surface area contributed by atoms with Crippen molar-refractivity contribution in [1.82, 2.24) is 5.32 Å². The lowest BCUT2D eigenvalue weighted by molar-refractivity contribution is -0.129. The molecule has 4 N–H and O–H groups in total. The van der Waals surface area contributed by atoms with Crippen LogP contribution in [0.5, 0.6) is 0 Å². The first-order chi connectivity index (χ1) is 14.3. The molecule has 162 valence electrons. The molecule has 1 aliphatic rings. The molecular weight excluding hydrogens is 416 g/mol. The highest BCUT2D eigenvalue weighted by atomic mass is 35.5. The van der Waals surface area contributed by atoms with Crippen LogP contribution in [0.3, 0.4) is 0 Å². The maximum Gasteiger partial charge on any atom is 0.345 e. The van der Waals surface area contributed by atoms with Crippen molar-refractivity contribution in [2.75, 3.05) is 13.2 Å². The van der Waals surface area contributed by atoms with Crippen LogP contribution in [0.25, 0.3) is 11.1 Å². The number of alkyl halides is 2. The first-order valence-corrected chi connectivity index (χ1v) is 9.96. The van der Waals surface area contributed by atoms with Gasteiger partial charge in [-0.15, -0.1) is 0 Å². The van der Waals surface area contributed by atoms with Gasteiger partial charge in [0, 0.05) is 5.02 Å². The molecule has 0 heterocycles. The number of rotatable bonds is 8. The molecule has 0 aromatic heterocycles. The number of nitrogens with one attached hydrogen (secondary N) is 1. The van der Waals surface area contributed by atoms with E-state index in [1.165, 1.54) is 6.08 Å². The Bertz CT molecular complexity index is 845. The molecule has 0 spiro atoms. The zero-order valence-electron chi connectivity index (χ0n) is 16.1. The predicted molar refractivity (Wildman–Crippen MR) is 110 cm³/mol. The smallest absolute Gasteiger partial charge is 0.345 e. The van der Waals surface area contributed by atoms with E-state index >= 15 is 0 Å². The van der Waals surface area contributed by atoms with Gasteiger partial charge in [0.05, 0.1) is 12.6 Å². The van der Waals surface area contributed by atoms with Gasteiger partial charge >= 0.3 is 6.61 Å². The fourth-order valence-corrected chi connectivity index (χ4v) is 3.53. The van der Waals surface area contributed by atoms with Gasteiger partial charge in [0.25, 0.3) is 0 Å². The van der Waals surface area contributed by atoms with Crippen LogP contribution in [-0.2, 0) is 11.2 Å². The van der Waals surface area contributed by atoms with Crippen LogP contribution in [-0.4, -0.2) is 59.4 Å². The summed E-state index contributed by atoms with van der Waals surface area (Å²) in [5.41, 5.74) is 3.30. The summed E-state index contributed by atoms with van der Waals surface area (Å²) < 4.78 is 28.8. The number of aliphatic hydroxyl groups is 3. The molecule has 0 saturated carbocycles. The third kappa shape index (κ3) is 5.85. The molecule has 30 heavy (non-hydrogen) atoms. The fraction of sp³-hybridized carbons (Fsp3) is 0.364. The Hall–Kier alpha value is -1.87. The summed E-state index contributed by atoms with van der Waals surface area (Å²) >= 11 is 5.91. The topological polar surface area (TPSA) is 82.0 Å². The lowest BCUT2D eigenvalue weighted by Gasteiger charge is -2.35. The molecule has 3 rings (SSSR count). The van der Waals surface area contributed by atoms with E-state index in [2.05, 4.69) is 10.1 Å². The fourth-order valence-electron chi connectivity index (χ4n) is 3.41. The van der Waals surface area contributed by atoms with E-state index in [9.17, 15) is 24.1 Å². The van der Waals surface area contributed by atoms with Gasteiger partial charge in [-0.2, -0.15) is 8.78 Å². The lowest BCUT2D eigenvalue weighted by atomic mass is 9.88. The van der Waals surface area contributed by atoms with E-state index in [1.807, 2.05) is 48.5 Å². The summed E-state index contributed by atoms with van der Waals surface area (Å²) in [4.78, 5) is 0. The van der Waals surface area contributed by atoms with Crippen LogP contribution < -0.4 is 5.32 Å². The van der Waals surface area contributed by atoms with Gasteiger partial charge in [-0.25, -0.2) is 0 Å². The van der Waals surface area contributed by atoms with E-state index < -0.39 is 37.6 Å². The second kappa shape index (κ2) is 10.4. The third-order valence-corrected chi connectivity index (χ3v) is 5.37. The standard InChI is InChI=1S/C22H24ClF2NO4/c23-17-7-5-15(6-8-17)14-3-1-13(2-4-14)9-10-26-18-11-16(12-30-22(24)25)19(27)21(29)20(18)28/h1-8,11,18-22,26-29H,9-10,12H2/t18-,19+,20+,21+/m1/s1. The minimum Gasteiger partial charge on any atom is -0.388 e. The Kier molecular flexibility index (Phi) is 7.93. The highest BCUT2D eigenvalue weighted by Crippen LogP contribution is 2.23. The van der Waals surface area contributed by atoms with Gasteiger partial charge in [-0.3, -0.25) is 0 Å².